The van der Waals surface area contributed by atoms with Crippen molar-refractivity contribution >= 4 is 5.96 Å². The minimum absolute atomic E-state index is 0.594. The molecule has 0 aliphatic heterocycles. The van der Waals surface area contributed by atoms with Gasteiger partial charge in [-0.2, -0.15) is 0 Å². The standard InChI is InChI=1S/C21H29N3O3/c1-22-21(24(2)14-15-27-18-8-6-5-7-9-18)23-13-12-17-10-11-19(25-3)20(16-17)26-4/h5-11,16H,12-15H2,1-4H3,(H,22,23). The lowest BCUT2D eigenvalue weighted by Crippen LogP contribution is -2.41. The van der Waals surface area contributed by atoms with E-state index in [1.807, 2.05) is 55.6 Å². The number of methoxy groups -OCH3 is 2. The highest BCUT2D eigenvalue weighted by molar-refractivity contribution is 5.79. The highest BCUT2D eigenvalue weighted by atomic mass is 16.5. The highest BCUT2D eigenvalue weighted by Crippen LogP contribution is 2.27. The summed E-state index contributed by atoms with van der Waals surface area (Å²) in [4.78, 5) is 6.39. The zero-order valence-electron chi connectivity index (χ0n) is 16.6. The van der Waals surface area contributed by atoms with Crippen LogP contribution in [0.25, 0.3) is 0 Å². The van der Waals surface area contributed by atoms with Crippen LogP contribution < -0.4 is 19.5 Å². The molecule has 0 heterocycles. The van der Waals surface area contributed by atoms with Crippen LogP contribution in [-0.4, -0.2) is 58.9 Å². The Labute approximate surface area is 161 Å². The van der Waals surface area contributed by atoms with Crippen LogP contribution in [-0.2, 0) is 6.42 Å². The van der Waals surface area contributed by atoms with Gasteiger partial charge in [0, 0.05) is 20.6 Å². The maximum atomic E-state index is 5.74. The summed E-state index contributed by atoms with van der Waals surface area (Å²) in [6.07, 6.45) is 0.855. The number of benzene rings is 2. The van der Waals surface area contributed by atoms with Crippen molar-refractivity contribution in [1.82, 2.24) is 10.2 Å². The van der Waals surface area contributed by atoms with E-state index in [-0.39, 0.29) is 0 Å². The summed E-state index contributed by atoms with van der Waals surface area (Å²) in [6.45, 7) is 2.11. The Bertz CT molecular complexity index is 720. The van der Waals surface area contributed by atoms with E-state index in [4.69, 9.17) is 14.2 Å². The predicted octanol–water partition coefficient (Wildman–Crippen LogP) is 2.83. The Balaban J connectivity index is 1.77. The van der Waals surface area contributed by atoms with Crippen LogP contribution in [0.3, 0.4) is 0 Å². The van der Waals surface area contributed by atoms with E-state index in [0.29, 0.717) is 6.61 Å². The van der Waals surface area contributed by atoms with E-state index < -0.39 is 0 Å². The Morgan fingerprint density at radius 1 is 1.04 bits per heavy atom. The molecule has 0 aliphatic carbocycles. The molecule has 0 spiro atoms. The molecule has 0 atom stereocenters. The van der Waals surface area contributed by atoms with Crippen LogP contribution in [0.15, 0.2) is 53.5 Å². The smallest absolute Gasteiger partial charge is 0.193 e. The van der Waals surface area contributed by atoms with Gasteiger partial charge in [0.15, 0.2) is 17.5 Å². The van der Waals surface area contributed by atoms with Crippen molar-refractivity contribution in [3.05, 3.63) is 54.1 Å². The first-order chi connectivity index (χ1) is 13.2. The molecule has 2 rings (SSSR count). The average molecular weight is 371 g/mol. The van der Waals surface area contributed by atoms with Gasteiger partial charge in [-0.15, -0.1) is 0 Å². The predicted molar refractivity (Wildman–Crippen MR) is 109 cm³/mol. The van der Waals surface area contributed by atoms with Crippen molar-refractivity contribution in [2.45, 2.75) is 6.42 Å². The molecular formula is C21H29N3O3. The molecule has 0 fully saturated rings. The van der Waals surface area contributed by atoms with Gasteiger partial charge in [-0.1, -0.05) is 24.3 Å². The fourth-order valence-corrected chi connectivity index (χ4v) is 2.66. The number of ether oxygens (including phenoxy) is 3. The molecule has 0 bridgehead atoms. The molecule has 0 saturated heterocycles. The van der Waals surface area contributed by atoms with Crippen LogP contribution in [0.1, 0.15) is 5.56 Å². The fraction of sp³-hybridized carbons (Fsp3) is 0.381. The molecule has 6 nitrogen and oxygen atoms in total. The highest BCUT2D eigenvalue weighted by Gasteiger charge is 2.07. The van der Waals surface area contributed by atoms with Crippen LogP contribution in [0.4, 0.5) is 0 Å². The molecule has 2 aromatic carbocycles. The number of nitrogens with zero attached hydrogens (tertiary/aromatic N) is 2. The summed E-state index contributed by atoms with van der Waals surface area (Å²) in [6, 6.07) is 15.8. The Morgan fingerprint density at radius 2 is 1.78 bits per heavy atom. The molecule has 2 aromatic rings. The molecular weight excluding hydrogens is 342 g/mol. The summed E-state index contributed by atoms with van der Waals surface area (Å²) in [7, 11) is 7.07. The van der Waals surface area contributed by atoms with Crippen molar-refractivity contribution < 1.29 is 14.2 Å². The second-order valence-corrected chi connectivity index (χ2v) is 6.00. The van der Waals surface area contributed by atoms with Gasteiger partial charge in [0.1, 0.15) is 12.4 Å². The number of likely N-dealkylation sites (N-methyl/N-ethyl adjacent to an activating group) is 1. The normalized spacial score (nSPS) is 11.0. The first-order valence-corrected chi connectivity index (χ1v) is 8.98. The third-order valence-corrected chi connectivity index (χ3v) is 4.16. The van der Waals surface area contributed by atoms with Gasteiger partial charge in [-0.3, -0.25) is 4.99 Å². The molecule has 0 amide bonds. The van der Waals surface area contributed by atoms with Crippen molar-refractivity contribution in [2.24, 2.45) is 4.99 Å². The second kappa shape index (κ2) is 11.0. The van der Waals surface area contributed by atoms with Gasteiger partial charge in [0.05, 0.1) is 20.8 Å². The zero-order valence-corrected chi connectivity index (χ0v) is 16.6. The summed E-state index contributed by atoms with van der Waals surface area (Å²) in [5.74, 6) is 3.20. The summed E-state index contributed by atoms with van der Waals surface area (Å²) in [5.41, 5.74) is 1.17. The van der Waals surface area contributed by atoms with Gasteiger partial charge in [-0.25, -0.2) is 0 Å². The average Bonchev–Trinajstić information content (AvgIpc) is 2.71. The number of para-hydroxylation sites is 1. The number of nitrogens with one attached hydrogen (secondary N) is 1. The van der Waals surface area contributed by atoms with E-state index in [1.165, 1.54) is 5.56 Å². The lowest BCUT2D eigenvalue weighted by atomic mass is 10.1. The first kappa shape index (κ1) is 20.4. The van der Waals surface area contributed by atoms with E-state index in [2.05, 4.69) is 15.2 Å². The van der Waals surface area contributed by atoms with Crippen LogP contribution >= 0.6 is 0 Å². The topological polar surface area (TPSA) is 55.3 Å². The van der Waals surface area contributed by atoms with Crippen LogP contribution in [0.2, 0.25) is 0 Å². The third-order valence-electron chi connectivity index (χ3n) is 4.16. The second-order valence-electron chi connectivity index (χ2n) is 6.00. The maximum absolute atomic E-state index is 5.74. The van der Waals surface area contributed by atoms with E-state index in [0.717, 1.165) is 42.7 Å². The molecule has 6 heteroatoms. The van der Waals surface area contributed by atoms with Gasteiger partial charge >= 0.3 is 0 Å². The van der Waals surface area contributed by atoms with Crippen molar-refractivity contribution in [3.63, 3.8) is 0 Å². The fourth-order valence-electron chi connectivity index (χ4n) is 2.66. The molecule has 1 N–H and O–H groups in total. The monoisotopic (exact) mass is 371 g/mol. The summed E-state index contributed by atoms with van der Waals surface area (Å²) < 4.78 is 16.4. The van der Waals surface area contributed by atoms with Crippen molar-refractivity contribution in [2.75, 3.05) is 48.0 Å². The van der Waals surface area contributed by atoms with Crippen LogP contribution in [0.5, 0.6) is 17.2 Å². The number of guanidine groups is 1. The maximum Gasteiger partial charge on any atom is 0.193 e. The molecule has 0 aliphatic rings. The quantitative estimate of drug-likeness (QED) is 0.543. The summed E-state index contributed by atoms with van der Waals surface area (Å²) in [5, 5.41) is 3.38. The molecule has 0 saturated carbocycles. The third kappa shape index (κ3) is 6.40. The number of rotatable bonds is 9. The molecule has 0 unspecified atom stereocenters. The number of aliphatic imine (C=N–C) groups is 1. The SMILES string of the molecule is CN=C(NCCc1ccc(OC)c(OC)c1)N(C)CCOc1ccccc1. The lowest BCUT2D eigenvalue weighted by Gasteiger charge is -2.22. The minimum Gasteiger partial charge on any atom is -0.493 e. The van der Waals surface area contributed by atoms with Gasteiger partial charge in [-0.05, 0) is 36.2 Å². The van der Waals surface area contributed by atoms with Gasteiger partial charge < -0.3 is 24.4 Å². The van der Waals surface area contributed by atoms with Crippen LogP contribution in [0, 0.1) is 0 Å². The van der Waals surface area contributed by atoms with E-state index in [9.17, 15) is 0 Å². The molecule has 27 heavy (non-hydrogen) atoms. The zero-order chi connectivity index (χ0) is 19.5. The van der Waals surface area contributed by atoms with Crippen molar-refractivity contribution in [3.8, 4) is 17.2 Å². The van der Waals surface area contributed by atoms with Gasteiger partial charge in [0.25, 0.3) is 0 Å². The summed E-state index contributed by atoms with van der Waals surface area (Å²) >= 11 is 0. The minimum atomic E-state index is 0.594. The number of hydrogen-bond donors (Lipinski definition) is 1. The molecule has 146 valence electrons. The Morgan fingerprint density at radius 3 is 2.44 bits per heavy atom. The largest absolute Gasteiger partial charge is 0.493 e. The van der Waals surface area contributed by atoms with E-state index >= 15 is 0 Å². The molecule has 0 radical (unpaired) electrons. The number of hydrogen-bond acceptors (Lipinski definition) is 4. The molecule has 0 aromatic heterocycles. The van der Waals surface area contributed by atoms with Gasteiger partial charge in [0.2, 0.25) is 0 Å². The van der Waals surface area contributed by atoms with Crippen molar-refractivity contribution in [1.29, 1.82) is 0 Å². The first-order valence-electron chi connectivity index (χ1n) is 8.98. The Kier molecular flexibility index (Phi) is 8.29. The lowest BCUT2D eigenvalue weighted by molar-refractivity contribution is 0.281. The Hall–Kier alpha value is -2.89. The van der Waals surface area contributed by atoms with E-state index in [1.54, 1.807) is 21.3 Å².